The van der Waals surface area contributed by atoms with Crippen LogP contribution in [0, 0.1) is 0 Å². The largest absolute Gasteiger partial charge is 0.462 e. The molecule has 2 rings (SSSR count). The Balaban J connectivity index is 2.26. The second-order valence-corrected chi connectivity index (χ2v) is 5.65. The van der Waals surface area contributed by atoms with Gasteiger partial charge >= 0.3 is 0 Å². The van der Waals surface area contributed by atoms with E-state index >= 15 is 0 Å². The average molecular weight is 337 g/mol. The van der Waals surface area contributed by atoms with Crippen LogP contribution in [0.1, 0.15) is 12.5 Å². The van der Waals surface area contributed by atoms with Crippen molar-refractivity contribution < 1.29 is 29.6 Å². The van der Waals surface area contributed by atoms with E-state index in [1.54, 1.807) is 18.2 Å². The summed E-state index contributed by atoms with van der Waals surface area (Å²) in [5.41, 5.74) is 0.860. The van der Waals surface area contributed by atoms with Crippen molar-refractivity contribution in [3.8, 4) is 5.75 Å². The zero-order chi connectivity index (χ0) is 17.7. The predicted molar refractivity (Wildman–Crippen MR) is 86.3 cm³/mol. The summed E-state index contributed by atoms with van der Waals surface area (Å²) in [6, 6.07) is 6.26. The van der Waals surface area contributed by atoms with E-state index in [2.05, 4.69) is 11.9 Å². The van der Waals surface area contributed by atoms with Gasteiger partial charge in [0, 0.05) is 6.92 Å². The first-order chi connectivity index (χ1) is 11.5. The molecule has 24 heavy (non-hydrogen) atoms. The van der Waals surface area contributed by atoms with Gasteiger partial charge in [-0.3, -0.25) is 4.79 Å². The van der Waals surface area contributed by atoms with Crippen molar-refractivity contribution in [1.29, 1.82) is 0 Å². The normalized spacial score (nSPS) is 29.8. The highest BCUT2D eigenvalue weighted by molar-refractivity contribution is 5.73. The minimum Gasteiger partial charge on any atom is -0.462 e. The fraction of sp³-hybridized carbons (Fsp3) is 0.471. The highest BCUT2D eigenvalue weighted by Gasteiger charge is 2.46. The monoisotopic (exact) mass is 337 g/mol. The summed E-state index contributed by atoms with van der Waals surface area (Å²) < 4.78 is 11.4. The molecule has 0 spiro atoms. The number of rotatable bonds is 6. The zero-order valence-electron chi connectivity index (χ0n) is 13.5. The molecule has 1 saturated heterocycles. The van der Waals surface area contributed by atoms with Crippen LogP contribution >= 0.6 is 0 Å². The van der Waals surface area contributed by atoms with Gasteiger partial charge in [0.25, 0.3) is 0 Å². The number of carbonyl (C=O) groups excluding carboxylic acids is 1. The van der Waals surface area contributed by atoms with Gasteiger partial charge in [-0.05, 0) is 18.1 Å². The number of carbonyl (C=O) groups is 1. The van der Waals surface area contributed by atoms with E-state index in [-0.39, 0.29) is 0 Å². The molecule has 1 aliphatic heterocycles. The molecule has 1 aromatic carbocycles. The third-order valence-electron chi connectivity index (χ3n) is 3.83. The molecule has 1 aliphatic rings. The van der Waals surface area contributed by atoms with Gasteiger partial charge in [-0.15, -0.1) is 6.58 Å². The summed E-state index contributed by atoms with van der Waals surface area (Å²) in [5.74, 6) is 0.114. The van der Waals surface area contributed by atoms with Crippen LogP contribution in [-0.4, -0.2) is 58.5 Å². The molecule has 132 valence electrons. The van der Waals surface area contributed by atoms with Gasteiger partial charge in [0.2, 0.25) is 12.2 Å². The van der Waals surface area contributed by atoms with Crippen LogP contribution in [0.3, 0.4) is 0 Å². The van der Waals surface area contributed by atoms with E-state index in [0.717, 1.165) is 5.56 Å². The molecule has 4 N–H and O–H groups in total. The van der Waals surface area contributed by atoms with Crippen LogP contribution in [-0.2, 0) is 16.0 Å². The first-order valence-electron chi connectivity index (χ1n) is 7.73. The molecular formula is C17H23NO6. The number of para-hydroxylation sites is 1. The van der Waals surface area contributed by atoms with E-state index in [0.29, 0.717) is 12.2 Å². The van der Waals surface area contributed by atoms with Gasteiger partial charge in [0.1, 0.15) is 30.1 Å². The van der Waals surface area contributed by atoms with Crippen LogP contribution in [0.5, 0.6) is 5.75 Å². The van der Waals surface area contributed by atoms with Gasteiger partial charge in [-0.2, -0.15) is 0 Å². The van der Waals surface area contributed by atoms with Crippen LogP contribution in [0.2, 0.25) is 0 Å². The van der Waals surface area contributed by atoms with Gasteiger partial charge in [0.15, 0.2) is 0 Å². The maximum Gasteiger partial charge on any atom is 0.223 e. The lowest BCUT2D eigenvalue weighted by molar-refractivity contribution is -0.244. The summed E-state index contributed by atoms with van der Waals surface area (Å²) in [6.45, 7) is 4.50. The summed E-state index contributed by atoms with van der Waals surface area (Å²) in [5, 5.41) is 32.1. The molecule has 5 atom stereocenters. The number of amides is 1. The number of hydrogen-bond acceptors (Lipinski definition) is 6. The number of allylic oxidation sites excluding steroid dienone is 1. The van der Waals surface area contributed by atoms with Crippen molar-refractivity contribution in [2.24, 2.45) is 0 Å². The van der Waals surface area contributed by atoms with E-state index in [1.165, 1.54) is 6.92 Å². The number of hydrogen-bond donors (Lipinski definition) is 4. The highest BCUT2D eigenvalue weighted by atomic mass is 16.7. The van der Waals surface area contributed by atoms with Crippen LogP contribution in [0.15, 0.2) is 36.9 Å². The maximum absolute atomic E-state index is 11.4. The lowest BCUT2D eigenvalue weighted by Gasteiger charge is -2.42. The second-order valence-electron chi connectivity index (χ2n) is 5.65. The van der Waals surface area contributed by atoms with Crippen molar-refractivity contribution in [2.75, 3.05) is 6.61 Å². The molecule has 1 amide bonds. The molecule has 1 aromatic rings. The smallest absolute Gasteiger partial charge is 0.223 e. The molecular weight excluding hydrogens is 314 g/mol. The number of ether oxygens (including phenoxy) is 2. The van der Waals surface area contributed by atoms with Crippen molar-refractivity contribution >= 4 is 5.91 Å². The lowest BCUT2D eigenvalue weighted by Crippen LogP contribution is -2.65. The number of nitrogens with one attached hydrogen (secondary N) is 1. The number of benzene rings is 1. The van der Waals surface area contributed by atoms with Crippen molar-refractivity contribution in [3.63, 3.8) is 0 Å². The molecule has 7 nitrogen and oxygen atoms in total. The lowest BCUT2D eigenvalue weighted by atomic mass is 9.97. The topological polar surface area (TPSA) is 108 Å². The number of aliphatic hydroxyl groups excluding tert-OH is 3. The molecule has 0 bridgehead atoms. The first-order valence-corrected chi connectivity index (χ1v) is 7.73. The second kappa shape index (κ2) is 8.25. The van der Waals surface area contributed by atoms with Crippen LogP contribution in [0.25, 0.3) is 0 Å². The quantitative estimate of drug-likeness (QED) is 0.533. The highest BCUT2D eigenvalue weighted by Crippen LogP contribution is 2.27. The van der Waals surface area contributed by atoms with Crippen molar-refractivity contribution in [2.45, 2.75) is 44.0 Å². The Morgan fingerprint density at radius 3 is 2.71 bits per heavy atom. The third-order valence-corrected chi connectivity index (χ3v) is 3.83. The van der Waals surface area contributed by atoms with Gasteiger partial charge in [-0.1, -0.05) is 24.3 Å². The Bertz CT molecular complexity index is 578. The van der Waals surface area contributed by atoms with Crippen molar-refractivity contribution in [3.05, 3.63) is 42.5 Å². The molecule has 0 aliphatic carbocycles. The van der Waals surface area contributed by atoms with E-state index in [1.807, 2.05) is 12.1 Å². The fourth-order valence-corrected chi connectivity index (χ4v) is 2.64. The van der Waals surface area contributed by atoms with Crippen LogP contribution in [0.4, 0.5) is 0 Å². The third kappa shape index (κ3) is 4.12. The molecule has 1 fully saturated rings. The minimum absolute atomic E-state index is 0.398. The maximum atomic E-state index is 11.4. The molecule has 0 radical (unpaired) electrons. The molecule has 0 saturated carbocycles. The Labute approximate surface area is 140 Å². The average Bonchev–Trinajstić information content (AvgIpc) is 2.56. The standard InChI is InChI=1S/C17H23NO6/c1-3-6-11-7-4-5-8-12(11)23-17-14(18-10(2)20)16(22)15(21)13(9-19)24-17/h3-5,7-8,13-17,19,21-22H,1,6,9H2,2H3,(H,18,20)/t13-,14-,15-,16-,17-/m1/s1. The Morgan fingerprint density at radius 2 is 2.08 bits per heavy atom. The fourth-order valence-electron chi connectivity index (χ4n) is 2.64. The van der Waals surface area contributed by atoms with E-state index in [4.69, 9.17) is 9.47 Å². The molecule has 0 unspecified atom stereocenters. The Morgan fingerprint density at radius 1 is 1.38 bits per heavy atom. The Kier molecular flexibility index (Phi) is 6.33. The van der Waals surface area contributed by atoms with Crippen LogP contribution < -0.4 is 10.1 Å². The van der Waals surface area contributed by atoms with Gasteiger partial charge in [0.05, 0.1) is 6.61 Å². The summed E-state index contributed by atoms with van der Waals surface area (Å²) in [6.07, 6.45) is -2.45. The zero-order valence-corrected chi connectivity index (χ0v) is 13.5. The molecule has 7 heteroatoms. The van der Waals surface area contributed by atoms with Gasteiger partial charge < -0.3 is 30.1 Å². The summed E-state index contributed by atoms with van der Waals surface area (Å²) >= 11 is 0. The van der Waals surface area contributed by atoms with Crippen molar-refractivity contribution in [1.82, 2.24) is 5.32 Å². The predicted octanol–water partition coefficient (Wildman–Crippen LogP) is -0.262. The van der Waals surface area contributed by atoms with Gasteiger partial charge in [-0.25, -0.2) is 0 Å². The SMILES string of the molecule is C=CCc1ccccc1O[C@@H]1O[C@H](CO)[C@@H](O)[C@H](O)[C@H]1NC(C)=O. The number of aliphatic hydroxyl groups is 3. The molecule has 0 aromatic heterocycles. The Hall–Kier alpha value is -1.93. The van der Waals surface area contributed by atoms with E-state index in [9.17, 15) is 20.1 Å². The summed E-state index contributed by atoms with van der Waals surface area (Å²) in [4.78, 5) is 11.4. The first kappa shape index (κ1) is 18.4. The molecule has 1 heterocycles. The van der Waals surface area contributed by atoms with E-state index < -0.39 is 43.2 Å². The summed E-state index contributed by atoms with van der Waals surface area (Å²) in [7, 11) is 0. The minimum atomic E-state index is -1.34.